The monoisotopic (exact) mass is 223 g/mol. The lowest BCUT2D eigenvalue weighted by Crippen LogP contribution is -2.15. The van der Waals surface area contributed by atoms with Crippen molar-refractivity contribution in [2.45, 2.75) is 13.8 Å². The van der Waals surface area contributed by atoms with Crippen LogP contribution >= 0.6 is 0 Å². The second-order valence-corrected chi connectivity index (χ2v) is 3.57. The molecule has 0 saturated heterocycles. The SMILES string of the molecule is COC(=O)CNc1cc(C)c(OC)cc1C. The zero-order valence-corrected chi connectivity index (χ0v) is 10.1. The number of anilines is 1. The molecule has 4 nitrogen and oxygen atoms in total. The van der Waals surface area contributed by atoms with Gasteiger partial charge in [-0.3, -0.25) is 4.79 Å². The highest BCUT2D eigenvalue weighted by Crippen LogP contribution is 2.25. The van der Waals surface area contributed by atoms with Gasteiger partial charge in [0.2, 0.25) is 0 Å². The average Bonchev–Trinajstić information content (AvgIpc) is 2.29. The van der Waals surface area contributed by atoms with E-state index in [4.69, 9.17) is 4.74 Å². The van der Waals surface area contributed by atoms with Crippen LogP contribution < -0.4 is 10.1 Å². The summed E-state index contributed by atoms with van der Waals surface area (Å²) in [4.78, 5) is 11.0. The minimum atomic E-state index is -0.284. The minimum absolute atomic E-state index is 0.170. The standard InChI is InChI=1S/C12H17NO3/c1-8-6-11(15-3)9(2)5-10(8)13-7-12(14)16-4/h5-6,13H,7H2,1-4H3. The molecule has 0 unspecified atom stereocenters. The summed E-state index contributed by atoms with van der Waals surface area (Å²) in [5, 5.41) is 3.03. The zero-order chi connectivity index (χ0) is 12.1. The molecule has 1 N–H and O–H groups in total. The highest BCUT2D eigenvalue weighted by Gasteiger charge is 2.06. The van der Waals surface area contributed by atoms with Crippen LogP contribution in [0.15, 0.2) is 12.1 Å². The van der Waals surface area contributed by atoms with Crippen molar-refractivity contribution in [3.05, 3.63) is 23.3 Å². The summed E-state index contributed by atoms with van der Waals surface area (Å²) in [5.74, 6) is 0.564. The van der Waals surface area contributed by atoms with E-state index < -0.39 is 0 Å². The van der Waals surface area contributed by atoms with Crippen molar-refractivity contribution in [3.8, 4) is 5.75 Å². The summed E-state index contributed by atoms with van der Waals surface area (Å²) in [6, 6.07) is 3.89. The molecule has 0 heterocycles. The summed E-state index contributed by atoms with van der Waals surface area (Å²) in [6.07, 6.45) is 0. The van der Waals surface area contributed by atoms with E-state index in [2.05, 4.69) is 10.1 Å². The van der Waals surface area contributed by atoms with Gasteiger partial charge in [-0.2, -0.15) is 0 Å². The highest BCUT2D eigenvalue weighted by atomic mass is 16.5. The summed E-state index contributed by atoms with van der Waals surface area (Å²) in [6.45, 7) is 4.09. The predicted octanol–water partition coefficient (Wildman–Crippen LogP) is 1.90. The maximum absolute atomic E-state index is 11.0. The van der Waals surface area contributed by atoms with Gasteiger partial charge in [0, 0.05) is 5.69 Å². The Labute approximate surface area is 95.6 Å². The van der Waals surface area contributed by atoms with Crippen molar-refractivity contribution in [2.75, 3.05) is 26.1 Å². The molecule has 0 radical (unpaired) electrons. The zero-order valence-electron chi connectivity index (χ0n) is 10.1. The van der Waals surface area contributed by atoms with Crippen LogP contribution in [0.1, 0.15) is 11.1 Å². The van der Waals surface area contributed by atoms with Gasteiger partial charge in [0.25, 0.3) is 0 Å². The Bertz CT molecular complexity index is 388. The molecule has 16 heavy (non-hydrogen) atoms. The first-order valence-corrected chi connectivity index (χ1v) is 5.04. The molecule has 0 aliphatic rings. The number of nitrogens with one attached hydrogen (secondary N) is 1. The first kappa shape index (κ1) is 12.4. The van der Waals surface area contributed by atoms with E-state index in [0.717, 1.165) is 22.6 Å². The van der Waals surface area contributed by atoms with Crippen molar-refractivity contribution in [1.29, 1.82) is 0 Å². The van der Waals surface area contributed by atoms with E-state index in [0.29, 0.717) is 0 Å². The van der Waals surface area contributed by atoms with Crippen LogP contribution in [0.2, 0.25) is 0 Å². The number of aryl methyl sites for hydroxylation is 2. The molecule has 0 spiro atoms. The number of carbonyl (C=O) groups is 1. The third-order valence-corrected chi connectivity index (χ3v) is 2.39. The Hall–Kier alpha value is -1.71. The van der Waals surface area contributed by atoms with Gasteiger partial charge in [-0.25, -0.2) is 0 Å². The molecule has 0 atom stereocenters. The van der Waals surface area contributed by atoms with Crippen molar-refractivity contribution in [2.24, 2.45) is 0 Å². The van der Waals surface area contributed by atoms with Crippen LogP contribution in [0, 0.1) is 13.8 Å². The van der Waals surface area contributed by atoms with Crippen molar-refractivity contribution >= 4 is 11.7 Å². The van der Waals surface area contributed by atoms with Crippen LogP contribution in [0.25, 0.3) is 0 Å². The molecule has 88 valence electrons. The summed E-state index contributed by atoms with van der Waals surface area (Å²) in [7, 11) is 3.01. The quantitative estimate of drug-likeness (QED) is 0.792. The number of hydrogen-bond acceptors (Lipinski definition) is 4. The molecular weight excluding hydrogens is 206 g/mol. The van der Waals surface area contributed by atoms with E-state index >= 15 is 0 Å². The Balaban J connectivity index is 2.81. The molecule has 0 amide bonds. The Morgan fingerprint density at radius 3 is 2.50 bits per heavy atom. The largest absolute Gasteiger partial charge is 0.496 e. The normalized spacial score (nSPS) is 9.75. The lowest BCUT2D eigenvalue weighted by Gasteiger charge is -2.12. The van der Waals surface area contributed by atoms with E-state index in [1.54, 1.807) is 7.11 Å². The Kier molecular flexibility index (Phi) is 4.17. The number of methoxy groups -OCH3 is 2. The lowest BCUT2D eigenvalue weighted by molar-refractivity contribution is -0.138. The molecule has 4 heteroatoms. The molecule has 1 aromatic carbocycles. The van der Waals surface area contributed by atoms with Crippen LogP contribution in [0.4, 0.5) is 5.69 Å². The lowest BCUT2D eigenvalue weighted by atomic mass is 10.1. The predicted molar refractivity (Wildman–Crippen MR) is 63.0 cm³/mol. The number of carbonyl (C=O) groups excluding carboxylic acids is 1. The van der Waals surface area contributed by atoms with Crippen molar-refractivity contribution in [1.82, 2.24) is 0 Å². The molecule has 1 rings (SSSR count). The third kappa shape index (κ3) is 2.89. The van der Waals surface area contributed by atoms with E-state index in [9.17, 15) is 4.79 Å². The van der Waals surface area contributed by atoms with Crippen LogP contribution in [-0.2, 0) is 9.53 Å². The van der Waals surface area contributed by atoms with Gasteiger partial charge in [-0.15, -0.1) is 0 Å². The van der Waals surface area contributed by atoms with Gasteiger partial charge in [-0.1, -0.05) is 0 Å². The number of esters is 1. The van der Waals surface area contributed by atoms with Crippen LogP contribution in [0.5, 0.6) is 5.75 Å². The average molecular weight is 223 g/mol. The molecule has 0 aliphatic carbocycles. The smallest absolute Gasteiger partial charge is 0.325 e. The fourth-order valence-electron chi connectivity index (χ4n) is 1.44. The van der Waals surface area contributed by atoms with E-state index in [1.807, 2.05) is 26.0 Å². The van der Waals surface area contributed by atoms with Gasteiger partial charge >= 0.3 is 5.97 Å². The summed E-state index contributed by atoms with van der Waals surface area (Å²) >= 11 is 0. The number of hydrogen-bond donors (Lipinski definition) is 1. The highest BCUT2D eigenvalue weighted by molar-refractivity contribution is 5.75. The summed E-state index contributed by atoms with van der Waals surface area (Å²) in [5.41, 5.74) is 2.98. The first-order chi connectivity index (χ1) is 7.58. The van der Waals surface area contributed by atoms with E-state index in [1.165, 1.54) is 7.11 Å². The Morgan fingerprint density at radius 2 is 1.94 bits per heavy atom. The van der Waals surface area contributed by atoms with Crippen molar-refractivity contribution in [3.63, 3.8) is 0 Å². The third-order valence-electron chi connectivity index (χ3n) is 2.39. The second kappa shape index (κ2) is 5.39. The first-order valence-electron chi connectivity index (χ1n) is 5.04. The molecule has 0 aliphatic heterocycles. The van der Waals surface area contributed by atoms with Crippen molar-refractivity contribution < 1.29 is 14.3 Å². The van der Waals surface area contributed by atoms with Gasteiger partial charge in [0.05, 0.1) is 14.2 Å². The van der Waals surface area contributed by atoms with E-state index in [-0.39, 0.29) is 12.5 Å². The fraction of sp³-hybridized carbons (Fsp3) is 0.417. The van der Waals surface area contributed by atoms with Crippen LogP contribution in [-0.4, -0.2) is 26.7 Å². The molecule has 1 aromatic rings. The molecule has 0 fully saturated rings. The summed E-state index contributed by atoms with van der Waals surface area (Å²) < 4.78 is 9.77. The van der Waals surface area contributed by atoms with Gasteiger partial charge < -0.3 is 14.8 Å². The topological polar surface area (TPSA) is 47.6 Å². The fourth-order valence-corrected chi connectivity index (χ4v) is 1.44. The molecule has 0 aromatic heterocycles. The van der Waals surface area contributed by atoms with Gasteiger partial charge in [0.1, 0.15) is 12.3 Å². The van der Waals surface area contributed by atoms with Crippen LogP contribution in [0.3, 0.4) is 0 Å². The van der Waals surface area contributed by atoms with Gasteiger partial charge in [-0.05, 0) is 37.1 Å². The maximum Gasteiger partial charge on any atom is 0.325 e. The Morgan fingerprint density at radius 1 is 1.25 bits per heavy atom. The maximum atomic E-state index is 11.0. The molecule has 0 saturated carbocycles. The molecule has 0 bridgehead atoms. The number of ether oxygens (including phenoxy) is 2. The second-order valence-electron chi connectivity index (χ2n) is 3.57. The molecular formula is C12H17NO3. The van der Waals surface area contributed by atoms with Gasteiger partial charge in [0.15, 0.2) is 0 Å². The number of benzene rings is 1. The number of rotatable bonds is 4. The minimum Gasteiger partial charge on any atom is -0.496 e.